The smallest absolute Gasteiger partial charge is 0.234 e. The molecule has 1 aliphatic heterocycles. The van der Waals surface area contributed by atoms with Crippen molar-refractivity contribution >= 4 is 11.6 Å². The van der Waals surface area contributed by atoms with Crippen LogP contribution in [-0.4, -0.2) is 57.2 Å². The van der Waals surface area contributed by atoms with E-state index in [1.165, 1.54) is 31.3 Å². The van der Waals surface area contributed by atoms with Crippen LogP contribution in [0.5, 0.6) is 5.75 Å². The van der Waals surface area contributed by atoms with Gasteiger partial charge in [-0.25, -0.2) is 0 Å². The quantitative estimate of drug-likeness (QED) is 0.762. The SMILES string of the molecule is COc1ccccc1N1CCN(CC(=O)NCCC2=CCCCC2)CC1. The first-order valence-electron chi connectivity index (χ1n) is 9.81. The number of hydrogen-bond acceptors (Lipinski definition) is 4. The Balaban J connectivity index is 1.38. The minimum Gasteiger partial charge on any atom is -0.495 e. The number of rotatable bonds is 7. The number of hydrogen-bond donors (Lipinski definition) is 1. The Morgan fingerprint density at radius 2 is 1.96 bits per heavy atom. The van der Waals surface area contributed by atoms with Crippen molar-refractivity contribution in [3.05, 3.63) is 35.9 Å². The molecule has 142 valence electrons. The molecule has 0 unspecified atom stereocenters. The molecule has 1 aromatic rings. The molecule has 1 aliphatic carbocycles. The van der Waals surface area contributed by atoms with Gasteiger partial charge in [-0.1, -0.05) is 23.8 Å². The van der Waals surface area contributed by atoms with Crippen molar-refractivity contribution in [1.82, 2.24) is 10.2 Å². The Morgan fingerprint density at radius 1 is 1.15 bits per heavy atom. The lowest BCUT2D eigenvalue weighted by Crippen LogP contribution is -2.49. The molecule has 26 heavy (non-hydrogen) atoms. The van der Waals surface area contributed by atoms with Crippen LogP contribution >= 0.6 is 0 Å². The maximum absolute atomic E-state index is 12.2. The predicted octanol–water partition coefficient (Wildman–Crippen LogP) is 2.82. The molecule has 1 saturated heterocycles. The number of allylic oxidation sites excluding steroid dienone is 1. The van der Waals surface area contributed by atoms with Crippen molar-refractivity contribution in [2.45, 2.75) is 32.1 Å². The highest BCUT2D eigenvalue weighted by Gasteiger charge is 2.20. The minimum absolute atomic E-state index is 0.146. The molecule has 2 aliphatic rings. The van der Waals surface area contributed by atoms with Crippen LogP contribution in [0.25, 0.3) is 0 Å². The van der Waals surface area contributed by atoms with E-state index in [4.69, 9.17) is 4.74 Å². The lowest BCUT2D eigenvalue weighted by molar-refractivity contribution is -0.122. The number of benzene rings is 1. The molecule has 1 N–H and O–H groups in total. The van der Waals surface area contributed by atoms with Gasteiger partial charge in [-0.15, -0.1) is 0 Å². The fourth-order valence-corrected chi connectivity index (χ4v) is 3.79. The number of piperazine rings is 1. The zero-order valence-corrected chi connectivity index (χ0v) is 15.9. The molecule has 5 heteroatoms. The Hall–Kier alpha value is -2.01. The van der Waals surface area contributed by atoms with Crippen LogP contribution in [0.2, 0.25) is 0 Å². The lowest BCUT2D eigenvalue weighted by atomic mass is 9.97. The van der Waals surface area contributed by atoms with Gasteiger partial charge in [-0.05, 0) is 44.2 Å². The number of methoxy groups -OCH3 is 1. The molecule has 0 radical (unpaired) electrons. The molecule has 1 heterocycles. The van der Waals surface area contributed by atoms with E-state index in [0.29, 0.717) is 6.54 Å². The van der Waals surface area contributed by atoms with Gasteiger partial charge >= 0.3 is 0 Å². The summed E-state index contributed by atoms with van der Waals surface area (Å²) in [6, 6.07) is 8.13. The Bertz CT molecular complexity index is 621. The minimum atomic E-state index is 0.146. The van der Waals surface area contributed by atoms with E-state index in [9.17, 15) is 4.79 Å². The van der Waals surface area contributed by atoms with Crippen molar-refractivity contribution < 1.29 is 9.53 Å². The summed E-state index contributed by atoms with van der Waals surface area (Å²) < 4.78 is 5.46. The number of para-hydroxylation sites is 2. The second-order valence-corrected chi connectivity index (χ2v) is 7.14. The largest absolute Gasteiger partial charge is 0.495 e. The summed E-state index contributed by atoms with van der Waals surface area (Å²) in [5.74, 6) is 1.06. The average molecular weight is 357 g/mol. The highest BCUT2D eigenvalue weighted by Crippen LogP contribution is 2.28. The molecule has 0 spiro atoms. The number of amides is 1. The number of nitrogens with zero attached hydrogens (tertiary/aromatic N) is 2. The molecular weight excluding hydrogens is 326 g/mol. The van der Waals surface area contributed by atoms with Crippen LogP contribution in [0.15, 0.2) is 35.9 Å². The monoisotopic (exact) mass is 357 g/mol. The summed E-state index contributed by atoms with van der Waals surface area (Å²) in [5.41, 5.74) is 2.65. The van der Waals surface area contributed by atoms with Gasteiger partial charge in [0.1, 0.15) is 5.75 Å². The molecule has 1 fully saturated rings. The first kappa shape index (κ1) is 18.8. The standard InChI is InChI=1S/C21H31N3O2/c1-26-20-10-6-5-9-19(20)24-15-13-23(14-16-24)17-21(25)22-12-11-18-7-3-2-4-8-18/h5-7,9-10H,2-4,8,11-17H2,1H3,(H,22,25). The van der Waals surface area contributed by atoms with E-state index in [1.54, 1.807) is 7.11 Å². The van der Waals surface area contributed by atoms with Crippen LogP contribution in [0, 0.1) is 0 Å². The Labute approximate surface area is 157 Å². The number of carbonyl (C=O) groups excluding carboxylic acids is 1. The second-order valence-electron chi connectivity index (χ2n) is 7.14. The summed E-state index contributed by atoms with van der Waals surface area (Å²) in [7, 11) is 1.71. The van der Waals surface area contributed by atoms with E-state index in [0.717, 1.165) is 50.6 Å². The summed E-state index contributed by atoms with van der Waals surface area (Å²) in [6.45, 7) is 4.90. The van der Waals surface area contributed by atoms with Crippen molar-refractivity contribution in [3.8, 4) is 5.75 Å². The predicted molar refractivity (Wildman–Crippen MR) is 106 cm³/mol. The second kappa shape index (κ2) is 9.62. The van der Waals surface area contributed by atoms with Gasteiger partial charge in [-0.2, -0.15) is 0 Å². The first-order valence-corrected chi connectivity index (χ1v) is 9.81. The average Bonchev–Trinajstić information content (AvgIpc) is 2.69. The number of carbonyl (C=O) groups is 1. The summed E-state index contributed by atoms with van der Waals surface area (Å²) in [4.78, 5) is 16.8. The van der Waals surface area contributed by atoms with E-state index >= 15 is 0 Å². The molecule has 5 nitrogen and oxygen atoms in total. The maximum Gasteiger partial charge on any atom is 0.234 e. The normalized spacial score (nSPS) is 18.3. The van der Waals surface area contributed by atoms with E-state index < -0.39 is 0 Å². The number of nitrogens with one attached hydrogen (secondary N) is 1. The third-order valence-corrected chi connectivity index (χ3v) is 5.32. The summed E-state index contributed by atoms with van der Waals surface area (Å²) in [5, 5.41) is 3.08. The third kappa shape index (κ3) is 5.24. The Kier molecular flexibility index (Phi) is 6.95. The molecule has 0 aromatic heterocycles. The van der Waals surface area contributed by atoms with Crippen LogP contribution in [-0.2, 0) is 4.79 Å². The van der Waals surface area contributed by atoms with Crippen LogP contribution in [0.4, 0.5) is 5.69 Å². The molecule has 0 saturated carbocycles. The van der Waals surface area contributed by atoms with Crippen LogP contribution < -0.4 is 15.0 Å². The third-order valence-electron chi connectivity index (χ3n) is 5.32. The molecular formula is C21H31N3O2. The fourth-order valence-electron chi connectivity index (χ4n) is 3.79. The molecule has 0 atom stereocenters. The van der Waals surface area contributed by atoms with E-state index in [-0.39, 0.29) is 5.91 Å². The Morgan fingerprint density at radius 3 is 2.69 bits per heavy atom. The van der Waals surface area contributed by atoms with Gasteiger partial charge in [0.25, 0.3) is 0 Å². The molecule has 1 amide bonds. The van der Waals surface area contributed by atoms with Gasteiger partial charge in [0, 0.05) is 32.7 Å². The van der Waals surface area contributed by atoms with Crippen molar-refractivity contribution in [2.24, 2.45) is 0 Å². The van der Waals surface area contributed by atoms with Crippen molar-refractivity contribution in [1.29, 1.82) is 0 Å². The van der Waals surface area contributed by atoms with Crippen molar-refractivity contribution in [2.75, 3.05) is 51.3 Å². The topological polar surface area (TPSA) is 44.8 Å². The first-order chi connectivity index (χ1) is 12.8. The lowest BCUT2D eigenvalue weighted by Gasteiger charge is -2.36. The summed E-state index contributed by atoms with van der Waals surface area (Å²) >= 11 is 0. The fraction of sp³-hybridized carbons (Fsp3) is 0.571. The zero-order valence-electron chi connectivity index (χ0n) is 15.9. The van der Waals surface area contributed by atoms with Gasteiger partial charge in [0.2, 0.25) is 5.91 Å². The maximum atomic E-state index is 12.2. The highest BCUT2D eigenvalue weighted by atomic mass is 16.5. The molecule has 1 aromatic carbocycles. The van der Waals surface area contributed by atoms with Crippen LogP contribution in [0.1, 0.15) is 32.1 Å². The molecule has 3 rings (SSSR count). The van der Waals surface area contributed by atoms with E-state index in [2.05, 4.69) is 27.3 Å². The number of ether oxygens (including phenoxy) is 1. The van der Waals surface area contributed by atoms with Crippen molar-refractivity contribution in [3.63, 3.8) is 0 Å². The van der Waals surface area contributed by atoms with Gasteiger partial charge in [-0.3, -0.25) is 9.69 Å². The highest BCUT2D eigenvalue weighted by molar-refractivity contribution is 5.78. The van der Waals surface area contributed by atoms with Gasteiger partial charge in [0.05, 0.1) is 19.3 Å². The van der Waals surface area contributed by atoms with E-state index in [1.807, 2.05) is 18.2 Å². The van der Waals surface area contributed by atoms with Gasteiger partial charge < -0.3 is 15.0 Å². The number of anilines is 1. The zero-order chi connectivity index (χ0) is 18.2. The summed E-state index contributed by atoms with van der Waals surface area (Å²) in [6.07, 6.45) is 8.40. The van der Waals surface area contributed by atoms with Crippen LogP contribution in [0.3, 0.4) is 0 Å². The molecule has 0 bridgehead atoms. The van der Waals surface area contributed by atoms with Gasteiger partial charge in [0.15, 0.2) is 0 Å².